The number of fused-ring (bicyclic) bond motifs is 5. The molecule has 3 heteroatoms. The molecule has 164 valence electrons. The Morgan fingerprint density at radius 2 is 1.66 bits per heavy atom. The topological polar surface area (TPSA) is 54.4 Å². The highest BCUT2D eigenvalue weighted by Crippen LogP contribution is 2.68. The molecule has 4 rings (SSSR count). The van der Waals surface area contributed by atoms with Crippen LogP contribution in [0.15, 0.2) is 0 Å². The quantitative estimate of drug-likeness (QED) is 0.583. The predicted octanol–water partition coefficient (Wildman–Crippen LogP) is 6.35. The Kier molecular flexibility index (Phi) is 5.66. The van der Waals surface area contributed by atoms with E-state index in [-0.39, 0.29) is 0 Å². The zero-order valence-corrected chi connectivity index (χ0v) is 19.1. The third-order valence-electron chi connectivity index (χ3n) is 10.8. The first-order valence-corrected chi connectivity index (χ1v) is 12.4. The number of carboxylic acids is 1. The molecular formula is C26H42O3. The summed E-state index contributed by atoms with van der Waals surface area (Å²) in [5.74, 6) is 4.61. The smallest absolute Gasteiger partial charge is 0.303 e. The third-order valence-corrected chi connectivity index (χ3v) is 10.8. The van der Waals surface area contributed by atoms with E-state index in [4.69, 9.17) is 5.11 Å². The van der Waals surface area contributed by atoms with Gasteiger partial charge in [0.05, 0.1) is 0 Å². The van der Waals surface area contributed by atoms with Gasteiger partial charge in [-0.1, -0.05) is 20.8 Å². The number of aliphatic carboxylic acids is 1. The SMILES string of the molecule is CC(=O)[C@@H]1CC[C@@]2(C)C(CC[C@H]3[C@@H]4CC[C@H]([C@H](C)CCC(=O)O)[C@@]4(C)CC[C@@H]32)C1. The van der Waals surface area contributed by atoms with Gasteiger partial charge >= 0.3 is 5.97 Å². The molecule has 0 aromatic heterocycles. The maximum absolute atomic E-state index is 12.0. The molecule has 9 atom stereocenters. The van der Waals surface area contributed by atoms with Gasteiger partial charge in [0.15, 0.2) is 0 Å². The van der Waals surface area contributed by atoms with Crippen LogP contribution in [0.1, 0.15) is 98.3 Å². The molecule has 1 N–H and O–H groups in total. The van der Waals surface area contributed by atoms with Crippen LogP contribution in [0.4, 0.5) is 0 Å². The molecule has 1 unspecified atom stereocenters. The van der Waals surface area contributed by atoms with Crippen LogP contribution in [-0.2, 0) is 9.59 Å². The third kappa shape index (κ3) is 3.49. The van der Waals surface area contributed by atoms with E-state index in [1.54, 1.807) is 6.92 Å². The summed E-state index contributed by atoms with van der Waals surface area (Å²) in [6.07, 6.45) is 12.7. The van der Waals surface area contributed by atoms with E-state index in [1.165, 1.54) is 44.9 Å². The molecule has 0 aromatic carbocycles. The molecule has 29 heavy (non-hydrogen) atoms. The molecule has 4 aliphatic carbocycles. The van der Waals surface area contributed by atoms with Gasteiger partial charge in [-0.05, 0) is 117 Å². The van der Waals surface area contributed by atoms with E-state index in [1.807, 2.05) is 0 Å². The summed E-state index contributed by atoms with van der Waals surface area (Å²) in [6, 6.07) is 0. The lowest BCUT2D eigenvalue weighted by Gasteiger charge is -2.61. The van der Waals surface area contributed by atoms with Crippen LogP contribution in [0.2, 0.25) is 0 Å². The highest BCUT2D eigenvalue weighted by Gasteiger charge is 2.60. The van der Waals surface area contributed by atoms with Gasteiger partial charge in [0, 0.05) is 12.3 Å². The van der Waals surface area contributed by atoms with Crippen molar-refractivity contribution in [3.8, 4) is 0 Å². The molecule has 0 aliphatic heterocycles. The van der Waals surface area contributed by atoms with E-state index in [0.717, 1.165) is 42.9 Å². The molecule has 0 radical (unpaired) electrons. The monoisotopic (exact) mass is 402 g/mol. The lowest BCUT2D eigenvalue weighted by atomic mass is 9.44. The normalized spacial score (nSPS) is 47.6. The van der Waals surface area contributed by atoms with Crippen molar-refractivity contribution in [2.75, 3.05) is 0 Å². The van der Waals surface area contributed by atoms with E-state index in [0.29, 0.717) is 40.8 Å². The van der Waals surface area contributed by atoms with Crippen molar-refractivity contribution >= 4 is 11.8 Å². The van der Waals surface area contributed by atoms with Gasteiger partial charge in [0.25, 0.3) is 0 Å². The Morgan fingerprint density at radius 3 is 2.34 bits per heavy atom. The summed E-state index contributed by atoms with van der Waals surface area (Å²) in [5, 5.41) is 9.13. The lowest BCUT2D eigenvalue weighted by Crippen LogP contribution is -2.54. The average Bonchev–Trinajstić information content (AvgIpc) is 3.02. The van der Waals surface area contributed by atoms with E-state index in [2.05, 4.69) is 20.8 Å². The van der Waals surface area contributed by atoms with Crippen molar-refractivity contribution in [1.29, 1.82) is 0 Å². The molecular weight excluding hydrogens is 360 g/mol. The van der Waals surface area contributed by atoms with Crippen molar-refractivity contribution in [3.63, 3.8) is 0 Å². The maximum Gasteiger partial charge on any atom is 0.303 e. The van der Waals surface area contributed by atoms with Crippen molar-refractivity contribution in [1.82, 2.24) is 0 Å². The number of Topliss-reactive ketones (excluding diaryl/α,β-unsaturated/α-hetero) is 1. The van der Waals surface area contributed by atoms with Crippen LogP contribution >= 0.6 is 0 Å². The second-order valence-electron chi connectivity index (χ2n) is 11.9. The summed E-state index contributed by atoms with van der Waals surface area (Å²) in [5.41, 5.74) is 0.863. The van der Waals surface area contributed by atoms with Crippen molar-refractivity contribution in [3.05, 3.63) is 0 Å². The standard InChI is InChI=1S/C26H42O3/c1-16(5-10-24(28)29)21-8-9-22-20-7-6-19-15-18(17(2)27)11-13-25(19,3)23(20)12-14-26(21,22)4/h16,18-23H,5-15H2,1-4H3,(H,28,29)/t16-,18-,19?,20+,21-,22+,23+,25+,26-/m1/s1. The minimum Gasteiger partial charge on any atom is -0.481 e. The Labute approximate surface area is 177 Å². The van der Waals surface area contributed by atoms with Crippen LogP contribution in [0.3, 0.4) is 0 Å². The molecule has 0 bridgehead atoms. The van der Waals surface area contributed by atoms with Gasteiger partial charge in [-0.3, -0.25) is 9.59 Å². The number of rotatable bonds is 5. The Morgan fingerprint density at radius 1 is 0.966 bits per heavy atom. The molecule has 0 aromatic rings. The zero-order valence-electron chi connectivity index (χ0n) is 19.1. The Balaban J connectivity index is 1.50. The fourth-order valence-corrected chi connectivity index (χ4v) is 9.15. The van der Waals surface area contributed by atoms with Crippen molar-refractivity contribution in [2.24, 2.45) is 52.3 Å². The van der Waals surface area contributed by atoms with Crippen LogP contribution in [0, 0.1) is 52.3 Å². The molecule has 0 spiro atoms. The fraction of sp³-hybridized carbons (Fsp3) is 0.923. The maximum atomic E-state index is 12.0. The first-order chi connectivity index (χ1) is 13.7. The molecule has 3 nitrogen and oxygen atoms in total. The number of hydrogen-bond acceptors (Lipinski definition) is 2. The predicted molar refractivity (Wildman–Crippen MR) is 115 cm³/mol. The molecule has 0 amide bonds. The fourth-order valence-electron chi connectivity index (χ4n) is 9.15. The lowest BCUT2D eigenvalue weighted by molar-refractivity contribution is -0.139. The molecule has 0 saturated heterocycles. The first kappa shape index (κ1) is 21.4. The van der Waals surface area contributed by atoms with Gasteiger partial charge in [-0.15, -0.1) is 0 Å². The van der Waals surface area contributed by atoms with E-state index < -0.39 is 5.97 Å². The molecule has 0 heterocycles. The number of hydrogen-bond donors (Lipinski definition) is 1. The van der Waals surface area contributed by atoms with E-state index in [9.17, 15) is 9.59 Å². The first-order valence-electron chi connectivity index (χ1n) is 12.4. The number of carboxylic acid groups (broad SMARTS) is 1. The molecule has 4 saturated carbocycles. The number of carbonyl (C=O) groups is 2. The summed E-state index contributed by atoms with van der Waals surface area (Å²) in [7, 11) is 0. The van der Waals surface area contributed by atoms with Gasteiger partial charge in [0.1, 0.15) is 5.78 Å². The van der Waals surface area contributed by atoms with Crippen molar-refractivity contribution < 1.29 is 14.7 Å². The van der Waals surface area contributed by atoms with Gasteiger partial charge in [-0.2, -0.15) is 0 Å². The second-order valence-corrected chi connectivity index (χ2v) is 11.9. The highest BCUT2D eigenvalue weighted by atomic mass is 16.4. The average molecular weight is 403 g/mol. The summed E-state index contributed by atoms with van der Waals surface area (Å²) in [6.45, 7) is 9.25. The Bertz CT molecular complexity index is 656. The van der Waals surface area contributed by atoms with Crippen LogP contribution < -0.4 is 0 Å². The largest absolute Gasteiger partial charge is 0.481 e. The van der Waals surface area contributed by atoms with Gasteiger partial charge < -0.3 is 5.11 Å². The number of ketones is 1. The van der Waals surface area contributed by atoms with Crippen LogP contribution in [0.25, 0.3) is 0 Å². The van der Waals surface area contributed by atoms with E-state index >= 15 is 0 Å². The van der Waals surface area contributed by atoms with Crippen LogP contribution in [0.5, 0.6) is 0 Å². The minimum absolute atomic E-state index is 0.321. The highest BCUT2D eigenvalue weighted by molar-refractivity contribution is 5.78. The minimum atomic E-state index is -0.646. The van der Waals surface area contributed by atoms with Crippen molar-refractivity contribution in [2.45, 2.75) is 98.3 Å². The second kappa shape index (κ2) is 7.68. The summed E-state index contributed by atoms with van der Waals surface area (Å²) in [4.78, 5) is 23.1. The zero-order chi connectivity index (χ0) is 21.0. The van der Waals surface area contributed by atoms with Gasteiger partial charge in [-0.25, -0.2) is 0 Å². The summed E-state index contributed by atoms with van der Waals surface area (Å²) >= 11 is 0. The number of carbonyl (C=O) groups excluding carboxylic acids is 1. The van der Waals surface area contributed by atoms with Gasteiger partial charge in [0.2, 0.25) is 0 Å². The molecule has 4 aliphatic rings. The Hall–Kier alpha value is -0.860. The van der Waals surface area contributed by atoms with Crippen LogP contribution in [-0.4, -0.2) is 16.9 Å². The summed E-state index contributed by atoms with van der Waals surface area (Å²) < 4.78 is 0. The molecule has 4 fully saturated rings.